The predicted octanol–water partition coefficient (Wildman–Crippen LogP) is 4.20. The third-order valence-corrected chi connectivity index (χ3v) is 5.29. The van der Waals surface area contributed by atoms with Crippen LogP contribution in [0.5, 0.6) is 0 Å². The number of rotatable bonds is 5. The summed E-state index contributed by atoms with van der Waals surface area (Å²) in [7, 11) is 0. The van der Waals surface area contributed by atoms with Crippen molar-refractivity contribution in [3.05, 3.63) is 84.6 Å². The van der Waals surface area contributed by atoms with Crippen molar-refractivity contribution in [3.8, 4) is 33.5 Å². The van der Waals surface area contributed by atoms with Crippen molar-refractivity contribution in [3.63, 3.8) is 0 Å². The first-order valence-electron chi connectivity index (χ1n) is 9.87. The van der Waals surface area contributed by atoms with E-state index in [-0.39, 0.29) is 0 Å². The first-order chi connectivity index (χ1) is 14.7. The van der Waals surface area contributed by atoms with Gasteiger partial charge in [-0.05, 0) is 39.9 Å². The van der Waals surface area contributed by atoms with Crippen molar-refractivity contribution in [1.82, 2.24) is 19.9 Å². The monoisotopic (exact) mass is 394 g/mol. The normalized spacial score (nSPS) is 11.3. The average molecular weight is 394 g/mol. The molecular formula is C24H22N6. The minimum Gasteiger partial charge on any atom is -0.341 e. The second-order valence-electron chi connectivity index (χ2n) is 7.22. The van der Waals surface area contributed by atoms with Crippen molar-refractivity contribution < 1.29 is 0 Å². The van der Waals surface area contributed by atoms with Crippen molar-refractivity contribution in [1.29, 1.82) is 0 Å². The zero-order chi connectivity index (χ0) is 20.5. The van der Waals surface area contributed by atoms with Crippen LogP contribution in [0, 0.1) is 0 Å². The molecule has 0 saturated heterocycles. The van der Waals surface area contributed by atoms with E-state index in [4.69, 9.17) is 11.5 Å². The van der Waals surface area contributed by atoms with Gasteiger partial charge in [0, 0.05) is 0 Å². The van der Waals surface area contributed by atoms with Gasteiger partial charge < -0.3 is 21.4 Å². The molecule has 6 N–H and O–H groups in total. The highest BCUT2D eigenvalue weighted by atomic mass is 14.9. The fourth-order valence-corrected chi connectivity index (χ4v) is 3.65. The zero-order valence-electron chi connectivity index (χ0n) is 16.4. The van der Waals surface area contributed by atoms with Crippen molar-refractivity contribution in [2.24, 2.45) is 11.5 Å². The van der Waals surface area contributed by atoms with Crippen LogP contribution in [0.25, 0.3) is 44.5 Å². The summed E-state index contributed by atoms with van der Waals surface area (Å²) >= 11 is 0. The Kier molecular flexibility index (Phi) is 4.63. The molecule has 0 fully saturated rings. The molecule has 0 atom stereocenters. The number of benzene rings is 3. The number of imidazole rings is 2. The van der Waals surface area contributed by atoms with E-state index in [1.807, 2.05) is 12.3 Å². The number of nitrogens with zero attached hydrogens (tertiary/aromatic N) is 2. The fourth-order valence-electron chi connectivity index (χ4n) is 3.65. The molecule has 5 rings (SSSR count). The number of aromatic amines is 2. The Balaban J connectivity index is 1.39. The van der Waals surface area contributed by atoms with Gasteiger partial charge in [-0.1, -0.05) is 54.6 Å². The summed E-state index contributed by atoms with van der Waals surface area (Å²) in [6.07, 6.45) is 1.82. The molecule has 6 heteroatoms. The second kappa shape index (κ2) is 7.59. The number of H-pyrrole nitrogens is 2. The lowest BCUT2D eigenvalue weighted by atomic mass is 9.99. The summed E-state index contributed by atoms with van der Waals surface area (Å²) in [4.78, 5) is 15.2. The van der Waals surface area contributed by atoms with E-state index >= 15 is 0 Å². The van der Waals surface area contributed by atoms with Gasteiger partial charge in [0.2, 0.25) is 0 Å². The van der Waals surface area contributed by atoms with Crippen LogP contribution in [0.4, 0.5) is 0 Å². The van der Waals surface area contributed by atoms with Gasteiger partial charge in [0.1, 0.15) is 11.6 Å². The zero-order valence-corrected chi connectivity index (χ0v) is 16.4. The molecule has 30 heavy (non-hydrogen) atoms. The summed E-state index contributed by atoms with van der Waals surface area (Å²) in [6.45, 7) is 0.817. The maximum atomic E-state index is 5.68. The van der Waals surface area contributed by atoms with E-state index in [1.54, 1.807) is 0 Å². The first-order valence-corrected chi connectivity index (χ1v) is 9.87. The van der Waals surface area contributed by atoms with Crippen LogP contribution in [-0.4, -0.2) is 19.9 Å². The Labute approximate surface area is 174 Å². The molecule has 0 unspecified atom stereocenters. The van der Waals surface area contributed by atoms with Gasteiger partial charge in [-0.2, -0.15) is 0 Å². The molecule has 0 saturated carbocycles. The van der Waals surface area contributed by atoms with Gasteiger partial charge in [-0.25, -0.2) is 9.97 Å². The number of fused-ring (bicyclic) bond motifs is 1. The Morgan fingerprint density at radius 1 is 0.633 bits per heavy atom. The summed E-state index contributed by atoms with van der Waals surface area (Å²) in [5, 5.41) is 0. The van der Waals surface area contributed by atoms with E-state index in [0.717, 1.165) is 45.1 Å². The number of nitrogens with one attached hydrogen (secondary N) is 2. The molecule has 0 amide bonds. The second-order valence-corrected chi connectivity index (χ2v) is 7.22. The van der Waals surface area contributed by atoms with Gasteiger partial charge in [-0.15, -0.1) is 0 Å². The molecule has 5 aromatic rings. The largest absolute Gasteiger partial charge is 0.341 e. The minimum atomic E-state index is 0.409. The molecular weight excluding hydrogens is 372 g/mol. The highest BCUT2D eigenvalue weighted by molar-refractivity contribution is 5.82. The van der Waals surface area contributed by atoms with E-state index < -0.39 is 0 Å². The van der Waals surface area contributed by atoms with Crippen molar-refractivity contribution in [2.75, 3.05) is 0 Å². The van der Waals surface area contributed by atoms with Gasteiger partial charge in [-0.3, -0.25) is 0 Å². The van der Waals surface area contributed by atoms with Crippen LogP contribution in [0.1, 0.15) is 11.6 Å². The lowest BCUT2D eigenvalue weighted by molar-refractivity contribution is 0.950. The summed E-state index contributed by atoms with van der Waals surface area (Å²) in [6, 6.07) is 23.3. The highest BCUT2D eigenvalue weighted by Crippen LogP contribution is 2.28. The summed E-state index contributed by atoms with van der Waals surface area (Å²) in [5.74, 6) is 1.59. The topological polar surface area (TPSA) is 109 Å². The molecule has 0 aliphatic carbocycles. The standard InChI is InChI=1S/C24H22N6/c25-12-23-27-14-22(30-23)18-7-5-16(6-8-18)15-1-3-17(4-2-15)19-9-10-20-21(11-19)29-24(13-26)28-20/h1-11,14H,12-13,25-26H2,(H,27,30)(H,28,29). The van der Waals surface area contributed by atoms with Crippen LogP contribution >= 0.6 is 0 Å². The van der Waals surface area contributed by atoms with E-state index in [2.05, 4.69) is 80.6 Å². The molecule has 0 bridgehead atoms. The smallest absolute Gasteiger partial charge is 0.121 e. The number of nitrogens with two attached hydrogens (primary N) is 2. The van der Waals surface area contributed by atoms with E-state index in [1.165, 1.54) is 11.1 Å². The summed E-state index contributed by atoms with van der Waals surface area (Å²) in [5.41, 5.74) is 20.0. The lowest BCUT2D eigenvalue weighted by Gasteiger charge is -2.06. The first kappa shape index (κ1) is 18.3. The maximum absolute atomic E-state index is 5.68. The van der Waals surface area contributed by atoms with E-state index in [9.17, 15) is 0 Å². The molecule has 3 aromatic carbocycles. The molecule has 2 heterocycles. The van der Waals surface area contributed by atoms with Crippen LogP contribution in [0.3, 0.4) is 0 Å². The Bertz CT molecular complexity index is 1300. The average Bonchev–Trinajstić information content (AvgIpc) is 3.45. The maximum Gasteiger partial charge on any atom is 0.121 e. The SMILES string of the molecule is NCc1ncc(-c2ccc(-c3ccc(-c4ccc5nc(CN)[nH]c5c4)cc3)cc2)[nH]1. The third-order valence-electron chi connectivity index (χ3n) is 5.29. The van der Waals surface area contributed by atoms with Gasteiger partial charge in [0.05, 0.1) is 36.0 Å². The molecule has 0 aliphatic rings. The number of hydrogen-bond donors (Lipinski definition) is 4. The van der Waals surface area contributed by atoms with Gasteiger partial charge in [0.25, 0.3) is 0 Å². The number of aromatic nitrogens is 4. The number of hydrogen-bond acceptors (Lipinski definition) is 4. The van der Waals surface area contributed by atoms with Crippen LogP contribution in [0.2, 0.25) is 0 Å². The highest BCUT2D eigenvalue weighted by Gasteiger charge is 2.06. The molecule has 2 aromatic heterocycles. The molecule has 6 nitrogen and oxygen atoms in total. The van der Waals surface area contributed by atoms with Crippen LogP contribution < -0.4 is 11.5 Å². The Morgan fingerprint density at radius 2 is 1.20 bits per heavy atom. The minimum absolute atomic E-state index is 0.409. The van der Waals surface area contributed by atoms with Gasteiger partial charge in [0.15, 0.2) is 0 Å². The molecule has 0 spiro atoms. The van der Waals surface area contributed by atoms with E-state index in [0.29, 0.717) is 13.1 Å². The van der Waals surface area contributed by atoms with Gasteiger partial charge >= 0.3 is 0 Å². The van der Waals surface area contributed by atoms with Crippen molar-refractivity contribution in [2.45, 2.75) is 13.1 Å². The quantitative estimate of drug-likeness (QED) is 0.358. The molecule has 0 aliphatic heterocycles. The third kappa shape index (κ3) is 3.39. The van der Waals surface area contributed by atoms with Crippen molar-refractivity contribution >= 4 is 11.0 Å². The molecule has 0 radical (unpaired) electrons. The fraction of sp³-hybridized carbons (Fsp3) is 0.0833. The predicted molar refractivity (Wildman–Crippen MR) is 120 cm³/mol. The van der Waals surface area contributed by atoms with Crippen LogP contribution in [-0.2, 0) is 13.1 Å². The van der Waals surface area contributed by atoms with Crippen LogP contribution in [0.15, 0.2) is 72.9 Å². The Hall–Kier alpha value is -3.74. The molecule has 148 valence electrons. The Morgan fingerprint density at radius 3 is 1.80 bits per heavy atom. The summed E-state index contributed by atoms with van der Waals surface area (Å²) < 4.78 is 0. The lowest BCUT2D eigenvalue weighted by Crippen LogP contribution is -1.97.